The molecule has 1 N–H and O–H groups in total. The highest BCUT2D eigenvalue weighted by Crippen LogP contribution is 2.15. The molecule has 2 amide bonds. The lowest BCUT2D eigenvalue weighted by molar-refractivity contribution is 0.194. The number of benzene rings is 1. The van der Waals surface area contributed by atoms with Crippen molar-refractivity contribution in [3.63, 3.8) is 0 Å². The summed E-state index contributed by atoms with van der Waals surface area (Å²) in [5, 5.41) is 2.99. The van der Waals surface area contributed by atoms with Gasteiger partial charge in [0.05, 0.1) is 0 Å². The minimum Gasteiger partial charge on any atom is -0.368 e. The lowest BCUT2D eigenvalue weighted by atomic mass is 10.2. The van der Waals surface area contributed by atoms with E-state index < -0.39 is 0 Å². The number of nitrogens with one attached hydrogen (secondary N) is 1. The van der Waals surface area contributed by atoms with Gasteiger partial charge in [-0.2, -0.15) is 0 Å². The van der Waals surface area contributed by atoms with Gasteiger partial charge in [0.25, 0.3) is 0 Å². The van der Waals surface area contributed by atoms with Crippen molar-refractivity contribution < 1.29 is 4.79 Å². The summed E-state index contributed by atoms with van der Waals surface area (Å²) in [6.45, 7) is 3.60. The third-order valence-electron chi connectivity index (χ3n) is 4.71. The summed E-state index contributed by atoms with van der Waals surface area (Å²) in [4.78, 5) is 25.0. The second kappa shape index (κ2) is 7.90. The maximum absolute atomic E-state index is 12.4. The quantitative estimate of drug-likeness (QED) is 0.773. The maximum atomic E-state index is 12.4. The molecule has 0 aliphatic carbocycles. The van der Waals surface area contributed by atoms with Crippen LogP contribution >= 0.6 is 0 Å². The van der Waals surface area contributed by atoms with Crippen LogP contribution in [0.2, 0.25) is 0 Å². The topological polar surface area (TPSA) is 66.3 Å². The van der Waals surface area contributed by atoms with Crippen LogP contribution < -0.4 is 10.2 Å². The summed E-state index contributed by atoms with van der Waals surface area (Å²) in [6, 6.07) is 14.2. The Morgan fingerprint density at radius 2 is 1.85 bits per heavy atom. The van der Waals surface area contributed by atoms with Crippen molar-refractivity contribution in [3.8, 4) is 5.82 Å². The Hall–Kier alpha value is -3.35. The summed E-state index contributed by atoms with van der Waals surface area (Å²) < 4.78 is 1.84. The van der Waals surface area contributed by atoms with E-state index in [-0.39, 0.29) is 6.03 Å². The molecule has 3 heterocycles. The number of pyridine rings is 1. The first-order valence-corrected chi connectivity index (χ1v) is 9.05. The van der Waals surface area contributed by atoms with Crippen molar-refractivity contribution in [2.45, 2.75) is 6.54 Å². The Bertz CT molecular complexity index is 855. The number of rotatable bonds is 4. The number of aromatic nitrogens is 3. The molecule has 0 spiro atoms. The Labute approximate surface area is 158 Å². The van der Waals surface area contributed by atoms with Crippen molar-refractivity contribution in [2.75, 3.05) is 31.1 Å². The minimum atomic E-state index is -0.0265. The van der Waals surface area contributed by atoms with E-state index in [1.807, 2.05) is 46.0 Å². The summed E-state index contributed by atoms with van der Waals surface area (Å²) in [6.07, 6.45) is 7.05. The normalized spacial score (nSPS) is 14.2. The summed E-state index contributed by atoms with van der Waals surface area (Å²) >= 11 is 0. The van der Waals surface area contributed by atoms with Gasteiger partial charge in [0.15, 0.2) is 0 Å². The van der Waals surface area contributed by atoms with Crippen molar-refractivity contribution >= 4 is 11.7 Å². The van der Waals surface area contributed by atoms with Crippen LogP contribution in [0.25, 0.3) is 5.82 Å². The number of urea groups is 1. The number of hydrogen-bond acceptors (Lipinski definition) is 4. The van der Waals surface area contributed by atoms with E-state index in [0.717, 1.165) is 37.6 Å². The zero-order valence-corrected chi connectivity index (χ0v) is 15.0. The van der Waals surface area contributed by atoms with Crippen LogP contribution in [0.3, 0.4) is 0 Å². The summed E-state index contributed by atoms with van der Waals surface area (Å²) in [7, 11) is 0. The van der Waals surface area contributed by atoms with Gasteiger partial charge >= 0.3 is 6.03 Å². The molecule has 1 saturated heterocycles. The van der Waals surface area contributed by atoms with Crippen LogP contribution in [0.4, 0.5) is 10.5 Å². The van der Waals surface area contributed by atoms with Gasteiger partial charge in [-0.1, -0.05) is 24.3 Å². The van der Waals surface area contributed by atoms with Crippen LogP contribution in [-0.2, 0) is 6.54 Å². The number of piperazine rings is 1. The highest BCUT2D eigenvalue weighted by atomic mass is 16.2. The fraction of sp³-hybridized carbons (Fsp3) is 0.250. The highest BCUT2D eigenvalue weighted by molar-refractivity contribution is 5.74. The van der Waals surface area contributed by atoms with Gasteiger partial charge in [-0.05, 0) is 23.8 Å². The monoisotopic (exact) mass is 362 g/mol. The Balaban J connectivity index is 1.26. The van der Waals surface area contributed by atoms with E-state index >= 15 is 0 Å². The fourth-order valence-corrected chi connectivity index (χ4v) is 3.16. The SMILES string of the molecule is O=C(NCc1ccc(-n2ccnc2)nc1)N1CCN(c2ccccc2)CC1. The highest BCUT2D eigenvalue weighted by Gasteiger charge is 2.20. The van der Waals surface area contributed by atoms with Crippen molar-refractivity contribution in [1.29, 1.82) is 0 Å². The molecule has 3 aromatic rings. The zero-order valence-electron chi connectivity index (χ0n) is 15.0. The van der Waals surface area contributed by atoms with E-state index in [1.54, 1.807) is 18.7 Å². The molecule has 0 saturated carbocycles. The number of imidazole rings is 1. The summed E-state index contributed by atoms with van der Waals surface area (Å²) in [5.41, 5.74) is 2.18. The molecule has 0 bridgehead atoms. The molecular formula is C20H22N6O. The molecule has 7 heteroatoms. The van der Waals surface area contributed by atoms with E-state index in [4.69, 9.17) is 0 Å². The molecule has 1 aliphatic rings. The van der Waals surface area contributed by atoms with Crippen LogP contribution in [-0.4, -0.2) is 51.6 Å². The number of nitrogens with zero attached hydrogens (tertiary/aromatic N) is 5. The standard InChI is InChI=1S/C20H22N6O/c27-20(25-12-10-24(11-13-25)18-4-2-1-3-5-18)23-15-17-6-7-19(22-14-17)26-9-8-21-16-26/h1-9,14,16H,10-13,15H2,(H,23,27). The average molecular weight is 362 g/mol. The Kier molecular flexibility index (Phi) is 5.00. The van der Waals surface area contributed by atoms with Crippen molar-refractivity contribution in [2.24, 2.45) is 0 Å². The number of carbonyl (C=O) groups is 1. The third kappa shape index (κ3) is 4.08. The first-order valence-electron chi connectivity index (χ1n) is 9.05. The molecule has 0 atom stereocenters. The average Bonchev–Trinajstić information content (AvgIpc) is 3.28. The van der Waals surface area contributed by atoms with Gasteiger partial charge < -0.3 is 15.1 Å². The number of amides is 2. The molecular weight excluding hydrogens is 340 g/mol. The lowest BCUT2D eigenvalue weighted by Crippen LogP contribution is -2.51. The van der Waals surface area contributed by atoms with Crippen molar-refractivity contribution in [1.82, 2.24) is 24.8 Å². The molecule has 0 radical (unpaired) electrons. The molecule has 7 nitrogen and oxygen atoms in total. The molecule has 0 unspecified atom stereocenters. The van der Waals surface area contributed by atoms with Gasteiger partial charge in [-0.15, -0.1) is 0 Å². The smallest absolute Gasteiger partial charge is 0.317 e. The van der Waals surface area contributed by atoms with Crippen LogP contribution in [0.15, 0.2) is 67.4 Å². The molecule has 2 aromatic heterocycles. The van der Waals surface area contributed by atoms with Crippen molar-refractivity contribution in [3.05, 3.63) is 72.9 Å². The number of hydrogen-bond donors (Lipinski definition) is 1. The Morgan fingerprint density at radius 1 is 1.04 bits per heavy atom. The predicted molar refractivity (Wildman–Crippen MR) is 104 cm³/mol. The largest absolute Gasteiger partial charge is 0.368 e. The van der Waals surface area contributed by atoms with E-state index in [0.29, 0.717) is 6.54 Å². The van der Waals surface area contributed by atoms with Gasteiger partial charge in [0, 0.05) is 57.0 Å². The van der Waals surface area contributed by atoms with Crippen LogP contribution in [0.5, 0.6) is 0 Å². The van der Waals surface area contributed by atoms with E-state index in [2.05, 4.69) is 32.3 Å². The van der Waals surface area contributed by atoms with Gasteiger partial charge in [-0.3, -0.25) is 4.57 Å². The number of para-hydroxylation sites is 1. The number of carbonyl (C=O) groups excluding carboxylic acids is 1. The van der Waals surface area contributed by atoms with Gasteiger partial charge in [0.1, 0.15) is 12.1 Å². The van der Waals surface area contributed by atoms with E-state index in [9.17, 15) is 4.79 Å². The molecule has 138 valence electrons. The summed E-state index contributed by atoms with van der Waals surface area (Å²) in [5.74, 6) is 0.805. The Morgan fingerprint density at radius 3 is 2.52 bits per heavy atom. The third-order valence-corrected chi connectivity index (χ3v) is 4.71. The first kappa shape index (κ1) is 17.1. The van der Waals surface area contributed by atoms with Gasteiger partial charge in [0.2, 0.25) is 0 Å². The molecule has 4 rings (SSSR count). The minimum absolute atomic E-state index is 0.0265. The van der Waals surface area contributed by atoms with Gasteiger partial charge in [-0.25, -0.2) is 14.8 Å². The first-order chi connectivity index (χ1) is 13.3. The van der Waals surface area contributed by atoms with Crippen LogP contribution in [0.1, 0.15) is 5.56 Å². The molecule has 1 aromatic carbocycles. The molecule has 27 heavy (non-hydrogen) atoms. The second-order valence-electron chi connectivity index (χ2n) is 6.46. The lowest BCUT2D eigenvalue weighted by Gasteiger charge is -2.36. The molecule has 1 aliphatic heterocycles. The number of anilines is 1. The fourth-order valence-electron chi connectivity index (χ4n) is 3.16. The van der Waals surface area contributed by atoms with Crippen LogP contribution in [0, 0.1) is 0 Å². The predicted octanol–water partition coefficient (Wildman–Crippen LogP) is 2.30. The second-order valence-corrected chi connectivity index (χ2v) is 6.46. The maximum Gasteiger partial charge on any atom is 0.317 e. The molecule has 1 fully saturated rings. The van der Waals surface area contributed by atoms with E-state index in [1.165, 1.54) is 5.69 Å². The zero-order chi connectivity index (χ0) is 18.5.